The molecule has 0 aliphatic heterocycles. The van der Waals surface area contributed by atoms with Gasteiger partial charge in [0.25, 0.3) is 0 Å². The fourth-order valence-electron chi connectivity index (χ4n) is 5.79. The van der Waals surface area contributed by atoms with E-state index in [4.69, 9.17) is 0 Å². The number of fused-ring (bicyclic) bond motifs is 2. The first-order valence-electron chi connectivity index (χ1n) is 10.6. The van der Waals surface area contributed by atoms with Crippen LogP contribution in [0.4, 0.5) is 0 Å². The summed E-state index contributed by atoms with van der Waals surface area (Å²) in [6, 6.07) is 21.3. The predicted molar refractivity (Wildman–Crippen MR) is 121 cm³/mol. The van der Waals surface area contributed by atoms with Gasteiger partial charge in [-0.15, -0.1) is 0 Å². The standard InChI is InChI=1S/C26H30O2Si/c1-25(2,3)29(19-12-7-5-8-13-19,20-14-9-6-10-15-20)22-18-23(27)26(4)17-11-16-21(22)24(26)28/h5-10,12-15,18,21H,11,16-17H2,1-4H3/t21-,26+/m0/s1. The third kappa shape index (κ3) is 2.82. The van der Waals surface area contributed by atoms with Crippen LogP contribution in [0.2, 0.25) is 5.04 Å². The van der Waals surface area contributed by atoms with Crippen molar-refractivity contribution >= 4 is 30.0 Å². The molecule has 2 aliphatic rings. The van der Waals surface area contributed by atoms with Crippen molar-refractivity contribution in [3.63, 3.8) is 0 Å². The fourth-order valence-corrected chi connectivity index (χ4v) is 11.9. The highest BCUT2D eigenvalue weighted by Crippen LogP contribution is 2.50. The minimum Gasteiger partial charge on any atom is -0.298 e. The van der Waals surface area contributed by atoms with Gasteiger partial charge in [-0.3, -0.25) is 9.59 Å². The smallest absolute Gasteiger partial charge is 0.168 e. The Bertz CT molecular complexity index is 929. The molecule has 2 aromatic carbocycles. The van der Waals surface area contributed by atoms with Crippen LogP contribution in [0.15, 0.2) is 71.9 Å². The molecule has 0 saturated heterocycles. The molecule has 2 nitrogen and oxygen atoms in total. The highest BCUT2D eigenvalue weighted by Gasteiger charge is 2.59. The Morgan fingerprint density at radius 1 is 0.897 bits per heavy atom. The number of carbonyl (C=O) groups is 2. The molecule has 150 valence electrons. The molecule has 0 spiro atoms. The largest absolute Gasteiger partial charge is 0.298 e. The third-order valence-corrected chi connectivity index (χ3v) is 13.2. The number of benzene rings is 2. The van der Waals surface area contributed by atoms with E-state index in [0.29, 0.717) is 6.42 Å². The molecular weight excluding hydrogens is 372 g/mol. The maximum Gasteiger partial charge on any atom is 0.168 e. The summed E-state index contributed by atoms with van der Waals surface area (Å²) < 4.78 is 0. The lowest BCUT2D eigenvalue weighted by molar-refractivity contribution is -0.143. The molecule has 0 amide bonds. The summed E-state index contributed by atoms with van der Waals surface area (Å²) >= 11 is 0. The van der Waals surface area contributed by atoms with Crippen molar-refractivity contribution in [3.8, 4) is 0 Å². The van der Waals surface area contributed by atoms with Gasteiger partial charge in [0, 0.05) is 5.92 Å². The summed E-state index contributed by atoms with van der Waals surface area (Å²) in [7, 11) is -2.63. The number of ketones is 2. The number of allylic oxidation sites excluding steroid dienone is 2. The second-order valence-electron chi connectivity index (χ2n) is 9.84. The lowest BCUT2D eigenvalue weighted by Crippen LogP contribution is -2.69. The van der Waals surface area contributed by atoms with E-state index in [1.165, 1.54) is 10.4 Å². The number of hydrogen-bond donors (Lipinski definition) is 0. The van der Waals surface area contributed by atoms with E-state index in [-0.39, 0.29) is 22.5 Å². The van der Waals surface area contributed by atoms with Gasteiger partial charge in [0.05, 0.1) is 5.41 Å². The predicted octanol–water partition coefficient (Wildman–Crippen LogP) is 4.47. The van der Waals surface area contributed by atoms with E-state index in [9.17, 15) is 9.59 Å². The highest BCUT2D eigenvalue weighted by atomic mass is 28.3. The van der Waals surface area contributed by atoms with Gasteiger partial charge in [0.15, 0.2) is 11.6 Å². The minimum absolute atomic E-state index is 0.0152. The molecule has 3 heteroatoms. The van der Waals surface area contributed by atoms with Gasteiger partial charge in [0.1, 0.15) is 8.07 Å². The number of rotatable bonds is 3. The van der Waals surface area contributed by atoms with Crippen LogP contribution in [-0.4, -0.2) is 19.6 Å². The zero-order valence-corrected chi connectivity index (χ0v) is 18.9. The number of carbonyl (C=O) groups excluding carboxylic acids is 2. The van der Waals surface area contributed by atoms with Crippen LogP contribution in [0.1, 0.15) is 47.0 Å². The summed E-state index contributed by atoms with van der Waals surface area (Å²) in [5, 5.41) is 3.57. The Kier molecular flexibility index (Phi) is 4.77. The average molecular weight is 403 g/mol. The Morgan fingerprint density at radius 3 is 1.90 bits per heavy atom. The van der Waals surface area contributed by atoms with E-state index < -0.39 is 13.5 Å². The maximum absolute atomic E-state index is 13.5. The molecule has 2 aromatic rings. The molecule has 2 bridgehead atoms. The van der Waals surface area contributed by atoms with Crippen molar-refractivity contribution in [2.75, 3.05) is 0 Å². The Labute approximate surface area is 175 Å². The topological polar surface area (TPSA) is 34.1 Å². The lowest BCUT2D eigenvalue weighted by Gasteiger charge is -2.51. The van der Waals surface area contributed by atoms with Crippen LogP contribution in [0.5, 0.6) is 0 Å². The van der Waals surface area contributed by atoms with E-state index in [2.05, 4.69) is 69.3 Å². The van der Waals surface area contributed by atoms with Crippen molar-refractivity contribution in [1.29, 1.82) is 0 Å². The lowest BCUT2D eigenvalue weighted by atomic mass is 9.64. The SMILES string of the molecule is CC(C)(C)[Si](C1=CC(=O)[C@@]2(C)CCC[C@@H]1C2=O)(c1ccccc1)c1ccccc1. The molecule has 0 heterocycles. The number of Topliss-reactive ketones (excluding diaryl/α,β-unsaturated/α-hetero) is 1. The van der Waals surface area contributed by atoms with Crippen molar-refractivity contribution in [2.24, 2.45) is 11.3 Å². The normalized spacial score (nSPS) is 25.0. The van der Waals surface area contributed by atoms with Crippen LogP contribution in [0.25, 0.3) is 0 Å². The summed E-state index contributed by atoms with van der Waals surface area (Å²) in [5.41, 5.74) is -0.822. The second kappa shape index (κ2) is 6.91. The Hall–Kier alpha value is -2.26. The first kappa shape index (κ1) is 20.0. The van der Waals surface area contributed by atoms with Crippen molar-refractivity contribution < 1.29 is 9.59 Å². The first-order valence-corrected chi connectivity index (χ1v) is 12.6. The molecule has 2 atom stereocenters. The molecular formula is C26H30O2Si. The second-order valence-corrected chi connectivity index (χ2v) is 14.6. The first-order chi connectivity index (χ1) is 13.7. The Balaban J connectivity index is 2.09. The van der Waals surface area contributed by atoms with Crippen molar-refractivity contribution in [2.45, 2.75) is 52.0 Å². The molecule has 2 aliphatic carbocycles. The van der Waals surface area contributed by atoms with Gasteiger partial charge in [-0.2, -0.15) is 0 Å². The van der Waals surface area contributed by atoms with Crippen LogP contribution in [0, 0.1) is 11.3 Å². The minimum atomic E-state index is -2.63. The molecule has 0 aromatic heterocycles. The monoisotopic (exact) mass is 402 g/mol. The molecule has 1 fully saturated rings. The van der Waals surface area contributed by atoms with Crippen LogP contribution in [0.3, 0.4) is 0 Å². The van der Waals surface area contributed by atoms with Crippen LogP contribution in [-0.2, 0) is 9.59 Å². The Morgan fingerprint density at radius 2 is 1.41 bits per heavy atom. The average Bonchev–Trinajstić information content (AvgIpc) is 2.69. The molecule has 0 unspecified atom stereocenters. The van der Waals surface area contributed by atoms with E-state index in [1.807, 2.05) is 25.1 Å². The van der Waals surface area contributed by atoms with Crippen LogP contribution >= 0.6 is 0 Å². The molecule has 29 heavy (non-hydrogen) atoms. The highest BCUT2D eigenvalue weighted by molar-refractivity contribution is 7.09. The quantitative estimate of drug-likeness (QED) is 0.561. The summed E-state index contributed by atoms with van der Waals surface area (Å²) in [6.07, 6.45) is 4.39. The van der Waals surface area contributed by atoms with Crippen molar-refractivity contribution in [3.05, 3.63) is 71.9 Å². The summed E-state index contributed by atoms with van der Waals surface area (Å²) in [4.78, 5) is 26.9. The van der Waals surface area contributed by atoms with E-state index in [1.54, 1.807) is 0 Å². The van der Waals surface area contributed by atoms with Crippen LogP contribution < -0.4 is 10.4 Å². The molecule has 1 saturated carbocycles. The summed E-state index contributed by atoms with van der Waals surface area (Å²) in [5.74, 6) is 0.0263. The molecule has 0 N–H and O–H groups in total. The van der Waals surface area contributed by atoms with Gasteiger partial charge in [-0.1, -0.05) is 93.1 Å². The van der Waals surface area contributed by atoms with Crippen molar-refractivity contribution in [1.82, 2.24) is 0 Å². The van der Waals surface area contributed by atoms with Gasteiger partial charge in [-0.05, 0) is 41.3 Å². The molecule has 4 rings (SSSR count). The maximum atomic E-state index is 13.5. The number of hydrogen-bond acceptors (Lipinski definition) is 2. The van der Waals surface area contributed by atoms with E-state index in [0.717, 1.165) is 18.0 Å². The third-order valence-electron chi connectivity index (χ3n) is 7.21. The molecule has 0 radical (unpaired) electrons. The zero-order valence-electron chi connectivity index (χ0n) is 17.9. The van der Waals surface area contributed by atoms with Gasteiger partial charge >= 0.3 is 0 Å². The van der Waals surface area contributed by atoms with Gasteiger partial charge in [-0.25, -0.2) is 0 Å². The zero-order chi connectivity index (χ0) is 20.9. The van der Waals surface area contributed by atoms with Gasteiger partial charge < -0.3 is 0 Å². The fraction of sp³-hybridized carbons (Fsp3) is 0.385. The van der Waals surface area contributed by atoms with Gasteiger partial charge in [0.2, 0.25) is 0 Å². The van der Waals surface area contributed by atoms with E-state index >= 15 is 0 Å². The summed E-state index contributed by atoms with van der Waals surface area (Å²) in [6.45, 7) is 8.71.